The Bertz CT molecular complexity index is 976. The number of anilines is 2. The quantitative estimate of drug-likeness (QED) is 0.778. The number of rotatable bonds is 4. The number of morpholine rings is 2. The van der Waals surface area contributed by atoms with E-state index in [1.54, 1.807) is 0 Å². The summed E-state index contributed by atoms with van der Waals surface area (Å²) in [7, 11) is 0. The van der Waals surface area contributed by atoms with Crippen LogP contribution in [0, 0.1) is 0 Å². The Labute approximate surface area is 189 Å². The number of nitrogens with zero attached hydrogens (tertiary/aromatic N) is 4. The van der Waals surface area contributed by atoms with Gasteiger partial charge in [0, 0.05) is 57.1 Å². The molecule has 8 heteroatoms. The first kappa shape index (κ1) is 21.4. The molecule has 3 aliphatic heterocycles. The maximum atomic E-state index is 12.8. The molecule has 32 heavy (non-hydrogen) atoms. The fraction of sp³-hybridized carbons (Fsp3) is 0.583. The second-order valence-corrected chi connectivity index (χ2v) is 9.20. The van der Waals surface area contributed by atoms with Crippen LogP contribution in [-0.4, -0.2) is 73.0 Å². The third-order valence-corrected chi connectivity index (χ3v) is 6.58. The van der Waals surface area contributed by atoms with Crippen molar-refractivity contribution in [2.24, 2.45) is 0 Å². The highest BCUT2D eigenvalue weighted by molar-refractivity contribution is 5.48. The van der Waals surface area contributed by atoms with Crippen LogP contribution in [0.3, 0.4) is 0 Å². The minimum atomic E-state index is 0.00584. The Balaban J connectivity index is 1.27. The number of hydrogen-bond acceptors (Lipinski definition) is 7. The molecule has 1 aromatic carbocycles. The zero-order chi connectivity index (χ0) is 22.1. The van der Waals surface area contributed by atoms with Crippen LogP contribution < -0.4 is 15.4 Å². The van der Waals surface area contributed by atoms with E-state index in [0.717, 1.165) is 70.2 Å². The first-order valence-electron chi connectivity index (χ1n) is 11.7. The summed E-state index contributed by atoms with van der Waals surface area (Å²) in [6.07, 6.45) is 0.980. The summed E-state index contributed by atoms with van der Waals surface area (Å²) in [5.41, 5.74) is 4.29. The number of hydrogen-bond donors (Lipinski definition) is 1. The summed E-state index contributed by atoms with van der Waals surface area (Å²) in [5.74, 6) is 0.674. The van der Waals surface area contributed by atoms with Gasteiger partial charge in [0.25, 0.3) is 5.56 Å². The van der Waals surface area contributed by atoms with E-state index in [1.165, 1.54) is 11.3 Å². The molecule has 2 saturated heterocycles. The Morgan fingerprint density at radius 1 is 1.03 bits per heavy atom. The highest BCUT2D eigenvalue weighted by Gasteiger charge is 2.27. The van der Waals surface area contributed by atoms with Crippen LogP contribution in [0.5, 0.6) is 0 Å². The molecule has 1 aromatic heterocycles. The van der Waals surface area contributed by atoms with E-state index in [1.807, 2.05) is 0 Å². The lowest BCUT2D eigenvalue weighted by Gasteiger charge is -2.36. The molecule has 172 valence electrons. The largest absolute Gasteiger partial charge is 0.378 e. The number of benzene rings is 1. The number of H-pyrrole nitrogens is 1. The van der Waals surface area contributed by atoms with Gasteiger partial charge in [0.05, 0.1) is 31.1 Å². The average molecular weight is 440 g/mol. The van der Waals surface area contributed by atoms with E-state index in [-0.39, 0.29) is 17.8 Å². The molecule has 0 unspecified atom stereocenters. The topological polar surface area (TPSA) is 73.9 Å². The molecule has 4 heterocycles. The van der Waals surface area contributed by atoms with E-state index in [9.17, 15) is 4.79 Å². The van der Waals surface area contributed by atoms with Gasteiger partial charge in [-0.3, -0.25) is 14.7 Å². The summed E-state index contributed by atoms with van der Waals surface area (Å²) in [4.78, 5) is 27.6. The monoisotopic (exact) mass is 439 g/mol. The zero-order valence-corrected chi connectivity index (χ0v) is 19.0. The van der Waals surface area contributed by atoms with Crippen molar-refractivity contribution in [2.75, 3.05) is 55.7 Å². The van der Waals surface area contributed by atoms with Gasteiger partial charge >= 0.3 is 0 Å². The predicted molar refractivity (Wildman–Crippen MR) is 124 cm³/mol. The number of aromatic nitrogens is 2. The van der Waals surface area contributed by atoms with E-state index < -0.39 is 0 Å². The van der Waals surface area contributed by atoms with Gasteiger partial charge in [-0.25, -0.2) is 4.98 Å². The van der Waals surface area contributed by atoms with E-state index >= 15 is 0 Å². The fourth-order valence-corrected chi connectivity index (χ4v) is 5.01. The van der Waals surface area contributed by atoms with Gasteiger partial charge in [0.1, 0.15) is 0 Å². The molecule has 2 atom stereocenters. The molecule has 2 fully saturated rings. The van der Waals surface area contributed by atoms with Crippen molar-refractivity contribution in [1.82, 2.24) is 14.9 Å². The summed E-state index contributed by atoms with van der Waals surface area (Å²) in [6, 6.07) is 8.85. The van der Waals surface area contributed by atoms with Gasteiger partial charge in [-0.2, -0.15) is 0 Å². The van der Waals surface area contributed by atoms with Crippen molar-refractivity contribution in [3.05, 3.63) is 51.4 Å². The fourth-order valence-electron chi connectivity index (χ4n) is 5.01. The summed E-state index contributed by atoms with van der Waals surface area (Å²) < 4.78 is 11.3. The minimum Gasteiger partial charge on any atom is -0.378 e. The van der Waals surface area contributed by atoms with Crippen LogP contribution >= 0.6 is 0 Å². The molecule has 0 radical (unpaired) electrons. The smallest absolute Gasteiger partial charge is 0.255 e. The average Bonchev–Trinajstić information content (AvgIpc) is 2.79. The minimum absolute atomic E-state index is 0.00584. The Morgan fingerprint density at radius 3 is 2.47 bits per heavy atom. The van der Waals surface area contributed by atoms with E-state index in [4.69, 9.17) is 14.5 Å². The Morgan fingerprint density at radius 2 is 1.75 bits per heavy atom. The molecule has 0 bridgehead atoms. The third-order valence-electron chi connectivity index (χ3n) is 6.58. The molecule has 0 amide bonds. The molecule has 0 saturated carbocycles. The maximum absolute atomic E-state index is 12.8. The summed E-state index contributed by atoms with van der Waals surface area (Å²) >= 11 is 0. The Kier molecular flexibility index (Phi) is 6.17. The van der Waals surface area contributed by atoms with Crippen LogP contribution in [0.25, 0.3) is 0 Å². The lowest BCUT2D eigenvalue weighted by molar-refractivity contribution is -0.00576. The molecular formula is C24H33N5O3. The standard InChI is InChI=1S/C24H33N5O3/c1-17-13-29(14-18(2)32-17)24-25-22-16-27(8-7-21(22)23(30)26-24)15-19-3-5-20(6-4-19)28-9-11-31-12-10-28/h3-6,17-18H,7-16H2,1-2H3,(H,25,26,30)/t17-,18-/m1/s1. The molecular weight excluding hydrogens is 406 g/mol. The Hall–Kier alpha value is -2.42. The van der Waals surface area contributed by atoms with Crippen LogP contribution in [0.15, 0.2) is 29.1 Å². The van der Waals surface area contributed by atoms with Crippen molar-refractivity contribution >= 4 is 11.6 Å². The first-order chi connectivity index (χ1) is 15.5. The molecule has 2 aromatic rings. The van der Waals surface area contributed by atoms with Gasteiger partial charge in [0.15, 0.2) is 0 Å². The van der Waals surface area contributed by atoms with Gasteiger partial charge in [-0.05, 0) is 38.0 Å². The molecule has 1 N–H and O–H groups in total. The number of fused-ring (bicyclic) bond motifs is 1. The van der Waals surface area contributed by atoms with Crippen LogP contribution in [0.1, 0.15) is 30.7 Å². The summed E-state index contributed by atoms with van der Waals surface area (Å²) in [6.45, 7) is 11.5. The highest BCUT2D eigenvalue weighted by Crippen LogP contribution is 2.22. The molecule has 0 spiro atoms. The lowest BCUT2D eigenvalue weighted by Crippen LogP contribution is -2.47. The van der Waals surface area contributed by atoms with Crippen LogP contribution in [0.2, 0.25) is 0 Å². The predicted octanol–water partition coefficient (Wildman–Crippen LogP) is 1.78. The highest BCUT2D eigenvalue weighted by atomic mass is 16.5. The van der Waals surface area contributed by atoms with Gasteiger partial charge in [-0.1, -0.05) is 12.1 Å². The van der Waals surface area contributed by atoms with Crippen molar-refractivity contribution in [3.8, 4) is 0 Å². The zero-order valence-electron chi connectivity index (χ0n) is 19.0. The normalized spacial score (nSPS) is 24.4. The van der Waals surface area contributed by atoms with Crippen molar-refractivity contribution in [3.63, 3.8) is 0 Å². The van der Waals surface area contributed by atoms with Gasteiger partial charge < -0.3 is 19.3 Å². The van der Waals surface area contributed by atoms with Crippen LogP contribution in [0.4, 0.5) is 11.6 Å². The molecule has 3 aliphatic rings. The number of nitrogens with one attached hydrogen (secondary N) is 1. The first-order valence-corrected chi connectivity index (χ1v) is 11.7. The number of aromatic amines is 1. The number of ether oxygens (including phenoxy) is 2. The van der Waals surface area contributed by atoms with E-state index in [0.29, 0.717) is 12.5 Å². The third kappa shape index (κ3) is 4.67. The second kappa shape index (κ2) is 9.21. The SMILES string of the molecule is C[C@@H]1CN(c2nc3c(c(=O)[nH]2)CCN(Cc2ccc(N4CCOCC4)cc2)C3)C[C@@H](C)O1. The molecule has 0 aliphatic carbocycles. The summed E-state index contributed by atoms with van der Waals surface area (Å²) in [5, 5.41) is 0. The molecule has 5 rings (SSSR count). The van der Waals surface area contributed by atoms with Crippen LogP contribution in [-0.2, 0) is 29.0 Å². The lowest BCUT2D eigenvalue weighted by atomic mass is 10.1. The van der Waals surface area contributed by atoms with Gasteiger partial charge in [0.2, 0.25) is 5.95 Å². The molecule has 8 nitrogen and oxygen atoms in total. The second-order valence-electron chi connectivity index (χ2n) is 9.20. The van der Waals surface area contributed by atoms with Gasteiger partial charge in [-0.15, -0.1) is 0 Å². The van der Waals surface area contributed by atoms with Crippen molar-refractivity contribution < 1.29 is 9.47 Å². The van der Waals surface area contributed by atoms with Crippen molar-refractivity contribution in [1.29, 1.82) is 0 Å². The van der Waals surface area contributed by atoms with Crippen molar-refractivity contribution in [2.45, 2.75) is 45.6 Å². The van der Waals surface area contributed by atoms with E-state index in [2.05, 4.69) is 57.8 Å². The maximum Gasteiger partial charge on any atom is 0.255 e.